The summed E-state index contributed by atoms with van der Waals surface area (Å²) in [6, 6.07) is 22.8. The molecule has 7 heteroatoms. The van der Waals surface area contributed by atoms with Gasteiger partial charge in [0.05, 0.1) is 11.4 Å². The molecule has 5 rings (SSSR count). The summed E-state index contributed by atoms with van der Waals surface area (Å²) in [6.07, 6.45) is 1.84. The van der Waals surface area contributed by atoms with Crippen LogP contribution in [-0.2, 0) is 11.3 Å². The van der Waals surface area contributed by atoms with Crippen molar-refractivity contribution in [2.75, 3.05) is 6.79 Å². The summed E-state index contributed by atoms with van der Waals surface area (Å²) in [7, 11) is 0. The molecular formula is C24H17NO4S2. The molecule has 0 atom stereocenters. The van der Waals surface area contributed by atoms with Crippen molar-refractivity contribution in [2.45, 2.75) is 6.54 Å². The second-order valence-electron chi connectivity index (χ2n) is 6.94. The van der Waals surface area contributed by atoms with Crippen molar-refractivity contribution in [1.29, 1.82) is 0 Å². The predicted octanol–water partition coefficient (Wildman–Crippen LogP) is 5.61. The van der Waals surface area contributed by atoms with Crippen molar-refractivity contribution in [1.82, 2.24) is 4.90 Å². The lowest BCUT2D eigenvalue weighted by molar-refractivity contribution is -0.122. The number of fused-ring (bicyclic) bond motifs is 1. The van der Waals surface area contributed by atoms with Gasteiger partial charge < -0.3 is 14.2 Å². The fourth-order valence-corrected chi connectivity index (χ4v) is 4.56. The van der Waals surface area contributed by atoms with Gasteiger partial charge in [0, 0.05) is 0 Å². The van der Waals surface area contributed by atoms with E-state index in [1.807, 2.05) is 78.9 Å². The molecule has 5 nitrogen and oxygen atoms in total. The Balaban J connectivity index is 1.32. The van der Waals surface area contributed by atoms with Gasteiger partial charge in [-0.3, -0.25) is 9.69 Å². The van der Waals surface area contributed by atoms with E-state index in [-0.39, 0.29) is 12.7 Å². The Morgan fingerprint density at radius 2 is 1.77 bits per heavy atom. The molecule has 0 aromatic heterocycles. The minimum atomic E-state index is -0.109. The molecule has 1 saturated heterocycles. The highest BCUT2D eigenvalue weighted by atomic mass is 32.2. The minimum Gasteiger partial charge on any atom is -0.457 e. The van der Waals surface area contributed by atoms with E-state index in [0.717, 1.165) is 16.9 Å². The molecule has 2 heterocycles. The second kappa shape index (κ2) is 8.45. The van der Waals surface area contributed by atoms with Gasteiger partial charge in [0.2, 0.25) is 6.79 Å². The molecule has 0 radical (unpaired) electrons. The quantitative estimate of drug-likeness (QED) is 0.374. The number of nitrogens with zero attached hydrogens (tertiary/aromatic N) is 1. The summed E-state index contributed by atoms with van der Waals surface area (Å²) in [4.78, 5) is 15.2. The normalized spacial score (nSPS) is 16.3. The zero-order chi connectivity index (χ0) is 21.2. The Morgan fingerprint density at radius 3 is 2.65 bits per heavy atom. The monoisotopic (exact) mass is 447 g/mol. The Morgan fingerprint density at radius 1 is 0.968 bits per heavy atom. The number of benzene rings is 3. The van der Waals surface area contributed by atoms with Crippen LogP contribution in [0, 0.1) is 0 Å². The van der Waals surface area contributed by atoms with Crippen molar-refractivity contribution in [3.8, 4) is 23.0 Å². The number of thiocarbonyl (C=S) groups is 1. The first-order valence-corrected chi connectivity index (χ1v) is 10.8. The third kappa shape index (κ3) is 4.28. The zero-order valence-electron chi connectivity index (χ0n) is 16.3. The summed E-state index contributed by atoms with van der Waals surface area (Å²) < 4.78 is 17.2. The molecule has 0 bridgehead atoms. The van der Waals surface area contributed by atoms with Crippen molar-refractivity contribution < 1.29 is 19.0 Å². The minimum absolute atomic E-state index is 0.109. The highest BCUT2D eigenvalue weighted by Gasteiger charge is 2.32. The molecule has 0 N–H and O–H groups in total. The fraction of sp³-hybridized carbons (Fsp3) is 0.0833. The van der Waals surface area contributed by atoms with Gasteiger partial charge in [-0.15, -0.1) is 0 Å². The number of thioether (sulfide) groups is 1. The summed E-state index contributed by atoms with van der Waals surface area (Å²) in [6.45, 7) is 0.603. The summed E-state index contributed by atoms with van der Waals surface area (Å²) >= 11 is 6.77. The SMILES string of the molecule is O=C1C(=Cc2cccc(Oc3ccccc3)c2)SC(=S)N1Cc1ccc2c(c1)OCO2. The largest absolute Gasteiger partial charge is 0.457 e. The van der Waals surface area contributed by atoms with Crippen LogP contribution in [0.2, 0.25) is 0 Å². The van der Waals surface area contributed by atoms with Gasteiger partial charge >= 0.3 is 0 Å². The average molecular weight is 448 g/mol. The zero-order valence-corrected chi connectivity index (χ0v) is 17.9. The lowest BCUT2D eigenvalue weighted by atomic mass is 10.1. The first kappa shape index (κ1) is 19.7. The van der Waals surface area contributed by atoms with Crippen molar-refractivity contribution in [3.05, 3.63) is 88.8 Å². The van der Waals surface area contributed by atoms with E-state index < -0.39 is 0 Å². The molecule has 2 aliphatic rings. The van der Waals surface area contributed by atoms with Gasteiger partial charge in [-0.05, 0) is 53.6 Å². The van der Waals surface area contributed by atoms with E-state index in [0.29, 0.717) is 33.0 Å². The van der Waals surface area contributed by atoms with Crippen LogP contribution in [0.15, 0.2) is 77.7 Å². The molecule has 3 aromatic rings. The van der Waals surface area contributed by atoms with Crippen LogP contribution < -0.4 is 14.2 Å². The predicted molar refractivity (Wildman–Crippen MR) is 124 cm³/mol. The van der Waals surface area contributed by atoms with E-state index in [9.17, 15) is 4.79 Å². The summed E-state index contributed by atoms with van der Waals surface area (Å²) in [5.41, 5.74) is 1.80. The lowest BCUT2D eigenvalue weighted by Crippen LogP contribution is -2.27. The highest BCUT2D eigenvalue weighted by molar-refractivity contribution is 8.26. The fourth-order valence-electron chi connectivity index (χ4n) is 3.30. The number of rotatable bonds is 5. The van der Waals surface area contributed by atoms with Crippen LogP contribution in [0.5, 0.6) is 23.0 Å². The van der Waals surface area contributed by atoms with Gasteiger partial charge in [-0.1, -0.05) is 60.4 Å². The number of hydrogen-bond acceptors (Lipinski definition) is 6. The molecule has 0 unspecified atom stereocenters. The van der Waals surface area contributed by atoms with Gasteiger partial charge in [-0.25, -0.2) is 0 Å². The molecule has 1 amide bonds. The van der Waals surface area contributed by atoms with E-state index in [1.165, 1.54) is 11.8 Å². The maximum absolute atomic E-state index is 13.0. The third-order valence-corrected chi connectivity index (χ3v) is 6.16. The van der Waals surface area contributed by atoms with Crippen molar-refractivity contribution in [3.63, 3.8) is 0 Å². The summed E-state index contributed by atoms with van der Waals surface area (Å²) in [5, 5.41) is 0. The molecule has 0 spiro atoms. The molecule has 31 heavy (non-hydrogen) atoms. The second-order valence-corrected chi connectivity index (χ2v) is 8.62. The maximum Gasteiger partial charge on any atom is 0.266 e. The number of para-hydroxylation sites is 1. The molecule has 154 valence electrons. The topological polar surface area (TPSA) is 48.0 Å². The Bertz CT molecular complexity index is 1190. The number of carbonyl (C=O) groups excluding carboxylic acids is 1. The van der Waals surface area contributed by atoms with Crippen molar-refractivity contribution in [2.24, 2.45) is 0 Å². The maximum atomic E-state index is 13.0. The van der Waals surface area contributed by atoms with Gasteiger partial charge in [-0.2, -0.15) is 0 Å². The van der Waals surface area contributed by atoms with Gasteiger partial charge in [0.25, 0.3) is 5.91 Å². The number of amides is 1. The number of carbonyl (C=O) groups is 1. The number of ether oxygens (including phenoxy) is 3. The van der Waals surface area contributed by atoms with Crippen LogP contribution in [0.1, 0.15) is 11.1 Å². The molecule has 0 aliphatic carbocycles. The number of hydrogen-bond donors (Lipinski definition) is 0. The molecule has 1 fully saturated rings. The smallest absolute Gasteiger partial charge is 0.266 e. The molecule has 0 saturated carbocycles. The Kier molecular flexibility index (Phi) is 5.36. The average Bonchev–Trinajstić information content (AvgIpc) is 3.34. The van der Waals surface area contributed by atoms with Gasteiger partial charge in [0.15, 0.2) is 11.5 Å². The van der Waals surface area contributed by atoms with Crippen LogP contribution in [0.4, 0.5) is 0 Å². The van der Waals surface area contributed by atoms with Crippen LogP contribution >= 0.6 is 24.0 Å². The van der Waals surface area contributed by atoms with Gasteiger partial charge in [0.1, 0.15) is 15.8 Å². The Labute approximate surface area is 189 Å². The van der Waals surface area contributed by atoms with Crippen molar-refractivity contribution >= 4 is 40.3 Å². The molecule has 2 aliphatic heterocycles. The van der Waals surface area contributed by atoms with E-state index in [2.05, 4.69) is 0 Å². The Hall–Kier alpha value is -3.29. The highest BCUT2D eigenvalue weighted by Crippen LogP contribution is 2.36. The van der Waals surface area contributed by atoms with Crippen LogP contribution in [0.3, 0.4) is 0 Å². The van der Waals surface area contributed by atoms with E-state index in [1.54, 1.807) is 4.90 Å². The first-order chi connectivity index (χ1) is 15.2. The molecular weight excluding hydrogens is 430 g/mol. The summed E-state index contributed by atoms with van der Waals surface area (Å²) in [5.74, 6) is 2.76. The first-order valence-electron chi connectivity index (χ1n) is 9.62. The van der Waals surface area contributed by atoms with Crippen LogP contribution in [0.25, 0.3) is 6.08 Å². The van der Waals surface area contributed by atoms with E-state index >= 15 is 0 Å². The van der Waals surface area contributed by atoms with E-state index in [4.69, 9.17) is 26.4 Å². The lowest BCUT2D eigenvalue weighted by Gasteiger charge is -2.14. The van der Waals surface area contributed by atoms with Crippen LogP contribution in [-0.4, -0.2) is 21.9 Å². The third-order valence-electron chi connectivity index (χ3n) is 4.79. The standard InChI is InChI=1S/C24H17NO4S2/c26-23-22(13-16-5-4-8-19(11-16)29-18-6-2-1-3-7-18)31-24(30)25(23)14-17-9-10-20-21(12-17)28-15-27-20/h1-13H,14-15H2. The molecule has 3 aromatic carbocycles.